The van der Waals surface area contributed by atoms with Crippen LogP contribution in [0.1, 0.15) is 37.7 Å². The zero-order valence-corrected chi connectivity index (χ0v) is 14.9. The second kappa shape index (κ2) is 7.72. The summed E-state index contributed by atoms with van der Waals surface area (Å²) in [6.45, 7) is 0.273. The summed E-state index contributed by atoms with van der Waals surface area (Å²) in [5.74, 6) is 0. The lowest BCUT2D eigenvalue weighted by Crippen LogP contribution is -2.54. The van der Waals surface area contributed by atoms with E-state index in [9.17, 15) is 9.90 Å². The lowest BCUT2D eigenvalue weighted by molar-refractivity contribution is -0.158. The van der Waals surface area contributed by atoms with Gasteiger partial charge in [0.05, 0.1) is 5.60 Å². The molecule has 2 aliphatic heterocycles. The van der Waals surface area contributed by atoms with Crippen LogP contribution in [0.15, 0.2) is 30.3 Å². The van der Waals surface area contributed by atoms with Gasteiger partial charge in [-0.15, -0.1) is 0 Å². The van der Waals surface area contributed by atoms with Crippen molar-refractivity contribution in [3.05, 3.63) is 35.9 Å². The van der Waals surface area contributed by atoms with Crippen molar-refractivity contribution in [1.82, 2.24) is 4.90 Å². The molecule has 138 valence electrons. The van der Waals surface area contributed by atoms with E-state index in [0.717, 1.165) is 18.4 Å². The molecule has 0 saturated carbocycles. The van der Waals surface area contributed by atoms with Crippen LogP contribution in [0.4, 0.5) is 4.79 Å². The van der Waals surface area contributed by atoms with Crippen molar-refractivity contribution in [3.63, 3.8) is 0 Å². The minimum absolute atomic E-state index is 0.0152. The molecule has 2 bridgehead atoms. The maximum Gasteiger partial charge on any atom is 0.410 e. The van der Waals surface area contributed by atoms with Gasteiger partial charge in [-0.05, 0) is 31.2 Å². The molecule has 1 aromatic rings. The van der Waals surface area contributed by atoms with Gasteiger partial charge in [-0.25, -0.2) is 4.79 Å². The monoisotopic (exact) mass is 349 g/mol. The van der Waals surface area contributed by atoms with Crippen LogP contribution in [0.5, 0.6) is 0 Å². The van der Waals surface area contributed by atoms with Crippen molar-refractivity contribution in [3.8, 4) is 0 Å². The third kappa shape index (κ3) is 4.14. The predicted octanol–water partition coefficient (Wildman–Crippen LogP) is 2.69. The van der Waals surface area contributed by atoms with Crippen LogP contribution in [0.2, 0.25) is 0 Å². The highest BCUT2D eigenvalue weighted by Gasteiger charge is 2.50. The number of rotatable bonds is 6. The van der Waals surface area contributed by atoms with Gasteiger partial charge in [0.2, 0.25) is 0 Å². The fourth-order valence-electron chi connectivity index (χ4n) is 4.15. The SMILES string of the molecule is COC(CC1(O)CC2CCC(C1)N2C(=O)OCc1ccccc1)OC. The summed E-state index contributed by atoms with van der Waals surface area (Å²) < 4.78 is 16.0. The molecule has 0 aromatic heterocycles. The molecule has 2 aliphatic rings. The molecule has 2 unspecified atom stereocenters. The normalized spacial score (nSPS) is 28.4. The fourth-order valence-corrected chi connectivity index (χ4v) is 4.15. The molecular formula is C19H27NO5. The number of carbonyl (C=O) groups is 1. The van der Waals surface area contributed by atoms with Crippen molar-refractivity contribution in [2.75, 3.05) is 14.2 Å². The molecule has 1 amide bonds. The Hall–Kier alpha value is -1.63. The van der Waals surface area contributed by atoms with Gasteiger partial charge in [0.1, 0.15) is 6.61 Å². The van der Waals surface area contributed by atoms with Gasteiger partial charge in [0.25, 0.3) is 0 Å². The van der Waals surface area contributed by atoms with Crippen LogP contribution in [-0.2, 0) is 20.8 Å². The van der Waals surface area contributed by atoms with Gasteiger partial charge in [0.15, 0.2) is 6.29 Å². The van der Waals surface area contributed by atoms with E-state index < -0.39 is 11.9 Å². The number of amides is 1. The summed E-state index contributed by atoms with van der Waals surface area (Å²) in [5, 5.41) is 11.0. The fraction of sp³-hybridized carbons (Fsp3) is 0.632. The zero-order valence-electron chi connectivity index (χ0n) is 14.9. The van der Waals surface area contributed by atoms with Gasteiger partial charge in [-0.2, -0.15) is 0 Å². The molecule has 1 aromatic carbocycles. The number of ether oxygens (including phenoxy) is 3. The Labute approximate surface area is 148 Å². The molecule has 2 atom stereocenters. The van der Waals surface area contributed by atoms with Gasteiger partial charge >= 0.3 is 6.09 Å². The smallest absolute Gasteiger partial charge is 0.410 e. The molecule has 0 radical (unpaired) electrons. The second-order valence-corrected chi connectivity index (χ2v) is 7.07. The third-order valence-electron chi connectivity index (χ3n) is 5.34. The quantitative estimate of drug-likeness (QED) is 0.800. The molecule has 2 saturated heterocycles. The molecule has 6 nitrogen and oxygen atoms in total. The number of hydrogen-bond acceptors (Lipinski definition) is 5. The number of benzene rings is 1. The van der Waals surface area contributed by atoms with Crippen LogP contribution in [0, 0.1) is 0 Å². The molecule has 2 heterocycles. The molecule has 2 fully saturated rings. The Morgan fingerprint density at radius 1 is 1.20 bits per heavy atom. The summed E-state index contributed by atoms with van der Waals surface area (Å²) in [6.07, 6.45) is 2.57. The van der Waals surface area contributed by atoms with Crippen LogP contribution >= 0.6 is 0 Å². The molecular weight excluding hydrogens is 322 g/mol. The number of aliphatic hydroxyl groups is 1. The highest BCUT2D eigenvalue weighted by molar-refractivity contribution is 5.69. The molecule has 0 aliphatic carbocycles. The van der Waals surface area contributed by atoms with Crippen molar-refractivity contribution < 1.29 is 24.1 Å². The first-order valence-corrected chi connectivity index (χ1v) is 8.81. The van der Waals surface area contributed by atoms with Crippen LogP contribution in [-0.4, -0.2) is 54.3 Å². The van der Waals surface area contributed by atoms with Crippen molar-refractivity contribution in [1.29, 1.82) is 0 Å². The average Bonchev–Trinajstić information content (AvgIpc) is 2.91. The van der Waals surface area contributed by atoms with E-state index >= 15 is 0 Å². The van der Waals surface area contributed by atoms with E-state index in [2.05, 4.69) is 0 Å². The van der Waals surface area contributed by atoms with E-state index in [0.29, 0.717) is 19.3 Å². The second-order valence-electron chi connectivity index (χ2n) is 7.07. The van der Waals surface area contributed by atoms with E-state index in [1.807, 2.05) is 35.2 Å². The number of fused-ring (bicyclic) bond motifs is 2. The predicted molar refractivity (Wildman–Crippen MR) is 91.9 cm³/mol. The summed E-state index contributed by atoms with van der Waals surface area (Å²) >= 11 is 0. The summed E-state index contributed by atoms with van der Waals surface area (Å²) in [4.78, 5) is 14.4. The first-order valence-electron chi connectivity index (χ1n) is 8.81. The van der Waals surface area contributed by atoms with Gasteiger partial charge in [-0.3, -0.25) is 0 Å². The molecule has 6 heteroatoms. The number of carbonyl (C=O) groups excluding carboxylic acids is 1. The zero-order chi connectivity index (χ0) is 17.9. The van der Waals surface area contributed by atoms with Crippen molar-refractivity contribution in [2.45, 2.75) is 62.7 Å². The minimum Gasteiger partial charge on any atom is -0.445 e. The Bertz CT molecular complexity index is 560. The molecule has 3 rings (SSSR count). The molecule has 25 heavy (non-hydrogen) atoms. The standard InChI is InChI=1S/C19H27NO5/c1-23-17(24-2)12-19(22)10-15-8-9-16(11-19)20(15)18(21)25-13-14-6-4-3-5-7-14/h3-7,15-17,22H,8-13H2,1-2H3. The topological polar surface area (TPSA) is 68.2 Å². The van der Waals surface area contributed by atoms with Crippen molar-refractivity contribution in [2.24, 2.45) is 0 Å². The maximum absolute atomic E-state index is 12.6. The number of hydrogen-bond donors (Lipinski definition) is 1. The Kier molecular flexibility index (Phi) is 5.61. The Balaban J connectivity index is 1.59. The summed E-state index contributed by atoms with van der Waals surface area (Å²) in [5.41, 5.74) is 0.110. The van der Waals surface area contributed by atoms with E-state index in [4.69, 9.17) is 14.2 Å². The summed E-state index contributed by atoms with van der Waals surface area (Å²) in [6, 6.07) is 9.69. The number of nitrogens with zero attached hydrogens (tertiary/aromatic N) is 1. The maximum atomic E-state index is 12.6. The molecule has 1 N–H and O–H groups in total. The van der Waals surface area contributed by atoms with E-state index in [-0.39, 0.29) is 24.8 Å². The van der Waals surface area contributed by atoms with Crippen molar-refractivity contribution >= 4 is 6.09 Å². The van der Waals surface area contributed by atoms with Gasteiger partial charge in [-0.1, -0.05) is 30.3 Å². The summed E-state index contributed by atoms with van der Waals surface area (Å²) in [7, 11) is 3.14. The Morgan fingerprint density at radius 3 is 2.36 bits per heavy atom. The number of methoxy groups -OCH3 is 2. The van der Waals surface area contributed by atoms with Crippen LogP contribution in [0.25, 0.3) is 0 Å². The minimum atomic E-state index is -0.862. The van der Waals surface area contributed by atoms with Crippen LogP contribution in [0.3, 0.4) is 0 Å². The lowest BCUT2D eigenvalue weighted by Gasteiger charge is -2.44. The molecule has 0 spiro atoms. The van der Waals surface area contributed by atoms with E-state index in [1.165, 1.54) is 0 Å². The average molecular weight is 349 g/mol. The van der Waals surface area contributed by atoms with Gasteiger partial charge < -0.3 is 24.2 Å². The first-order chi connectivity index (χ1) is 12.0. The van der Waals surface area contributed by atoms with E-state index in [1.54, 1.807) is 14.2 Å². The third-order valence-corrected chi connectivity index (χ3v) is 5.34. The largest absolute Gasteiger partial charge is 0.445 e. The van der Waals surface area contributed by atoms with Crippen LogP contribution < -0.4 is 0 Å². The Morgan fingerprint density at radius 2 is 1.80 bits per heavy atom. The highest BCUT2D eigenvalue weighted by atomic mass is 16.7. The number of piperidine rings is 1. The first kappa shape index (κ1) is 18.2. The van der Waals surface area contributed by atoms with Gasteiger partial charge in [0, 0.05) is 32.7 Å². The highest BCUT2D eigenvalue weighted by Crippen LogP contribution is 2.43. The lowest BCUT2D eigenvalue weighted by atomic mass is 9.83.